The molecule has 3 rings (SSSR count). The zero-order valence-electron chi connectivity index (χ0n) is 13.6. The van der Waals surface area contributed by atoms with Gasteiger partial charge in [0.05, 0.1) is 12.2 Å². The van der Waals surface area contributed by atoms with Crippen LogP contribution < -0.4 is 5.32 Å². The lowest BCUT2D eigenvalue weighted by atomic mass is 10.3. The lowest BCUT2D eigenvalue weighted by molar-refractivity contribution is -0.124. The normalized spacial score (nSPS) is 11.9. The summed E-state index contributed by atoms with van der Waals surface area (Å²) in [5, 5.41) is 10.2. The minimum atomic E-state index is -1.03. The van der Waals surface area contributed by atoms with Gasteiger partial charge in [-0.05, 0) is 32.0 Å². The van der Waals surface area contributed by atoms with Crippen molar-refractivity contribution in [1.82, 2.24) is 14.9 Å². The van der Waals surface area contributed by atoms with Gasteiger partial charge in [-0.1, -0.05) is 5.16 Å². The lowest BCUT2D eigenvalue weighted by Gasteiger charge is -2.10. The van der Waals surface area contributed by atoms with Crippen LogP contribution in [0.25, 0.3) is 0 Å². The number of hydrogen-bond donors (Lipinski definition) is 1. The quantitative estimate of drug-likeness (QED) is 0.681. The fourth-order valence-electron chi connectivity index (χ4n) is 2.04. The predicted octanol–water partition coefficient (Wildman–Crippen LogP) is 2.00. The second-order valence-electron chi connectivity index (χ2n) is 5.34. The molecular weight excluding hydrogens is 328 g/mol. The fourth-order valence-corrected chi connectivity index (χ4v) is 2.04. The maximum atomic E-state index is 12.1. The van der Waals surface area contributed by atoms with Crippen molar-refractivity contribution >= 4 is 17.8 Å². The molecule has 1 unspecified atom stereocenters. The van der Waals surface area contributed by atoms with Crippen LogP contribution in [0, 0.1) is 6.92 Å². The molecular formula is C16H16N4O5. The van der Waals surface area contributed by atoms with Gasteiger partial charge in [0.1, 0.15) is 5.76 Å². The van der Waals surface area contributed by atoms with Gasteiger partial charge in [0.15, 0.2) is 6.10 Å². The summed E-state index contributed by atoms with van der Waals surface area (Å²) < 4.78 is 17.1. The van der Waals surface area contributed by atoms with E-state index in [1.54, 1.807) is 42.2 Å². The molecule has 1 atom stereocenters. The first-order chi connectivity index (χ1) is 12.0. The van der Waals surface area contributed by atoms with Crippen LogP contribution in [0.3, 0.4) is 0 Å². The molecule has 0 fully saturated rings. The molecule has 130 valence electrons. The summed E-state index contributed by atoms with van der Waals surface area (Å²) in [5.74, 6) is -0.525. The number of esters is 1. The summed E-state index contributed by atoms with van der Waals surface area (Å²) in [5.41, 5.74) is 0.625. The van der Waals surface area contributed by atoms with E-state index in [0.29, 0.717) is 18.0 Å². The number of furan rings is 1. The Morgan fingerprint density at radius 3 is 2.92 bits per heavy atom. The van der Waals surface area contributed by atoms with Crippen molar-refractivity contribution in [3.05, 3.63) is 53.9 Å². The number of aryl methyl sites for hydroxylation is 1. The number of hydrogen-bond acceptors (Lipinski definition) is 7. The van der Waals surface area contributed by atoms with Crippen LogP contribution in [0.4, 0.5) is 5.88 Å². The Morgan fingerprint density at radius 2 is 2.24 bits per heavy atom. The molecule has 3 aromatic heterocycles. The number of ether oxygens (including phenoxy) is 1. The highest BCUT2D eigenvalue weighted by Gasteiger charge is 2.22. The molecule has 0 saturated carbocycles. The van der Waals surface area contributed by atoms with Gasteiger partial charge in [0.2, 0.25) is 11.6 Å². The van der Waals surface area contributed by atoms with E-state index in [9.17, 15) is 9.59 Å². The van der Waals surface area contributed by atoms with Gasteiger partial charge in [0.25, 0.3) is 5.91 Å². The third-order valence-corrected chi connectivity index (χ3v) is 3.27. The Morgan fingerprint density at radius 1 is 1.40 bits per heavy atom. The summed E-state index contributed by atoms with van der Waals surface area (Å²) in [4.78, 5) is 24.1. The monoisotopic (exact) mass is 344 g/mol. The second kappa shape index (κ2) is 7.04. The average molecular weight is 344 g/mol. The molecule has 3 heterocycles. The van der Waals surface area contributed by atoms with Crippen LogP contribution in [0.1, 0.15) is 28.9 Å². The van der Waals surface area contributed by atoms with E-state index < -0.39 is 18.0 Å². The number of anilines is 1. The summed E-state index contributed by atoms with van der Waals surface area (Å²) in [7, 11) is 0. The first kappa shape index (κ1) is 16.5. The number of nitrogens with one attached hydrogen (secondary N) is 1. The smallest absolute Gasteiger partial charge is 0.375 e. The van der Waals surface area contributed by atoms with Crippen molar-refractivity contribution in [2.24, 2.45) is 0 Å². The Hall–Kier alpha value is -3.36. The Labute approximate surface area is 142 Å². The number of nitrogens with zero attached hydrogens (tertiary/aromatic N) is 3. The van der Waals surface area contributed by atoms with Crippen LogP contribution in [0.5, 0.6) is 0 Å². The van der Waals surface area contributed by atoms with Crippen molar-refractivity contribution in [2.45, 2.75) is 26.5 Å². The third kappa shape index (κ3) is 4.14. The highest BCUT2D eigenvalue weighted by molar-refractivity contribution is 5.95. The highest BCUT2D eigenvalue weighted by atomic mass is 16.6. The van der Waals surface area contributed by atoms with Crippen LogP contribution in [-0.2, 0) is 16.1 Å². The maximum Gasteiger partial charge on any atom is 0.375 e. The van der Waals surface area contributed by atoms with E-state index in [-0.39, 0.29) is 11.6 Å². The van der Waals surface area contributed by atoms with E-state index in [1.165, 1.54) is 13.0 Å². The molecule has 9 heteroatoms. The Bertz CT molecular complexity index is 865. The molecule has 1 N–H and O–H groups in total. The summed E-state index contributed by atoms with van der Waals surface area (Å²) in [6, 6.07) is 6.49. The van der Waals surface area contributed by atoms with E-state index in [4.69, 9.17) is 13.7 Å². The SMILES string of the molecule is Cc1cc(NC(=O)C(C)OC(=O)c2ccc(Cn3cccn3)o2)on1. The van der Waals surface area contributed by atoms with Crippen molar-refractivity contribution < 1.29 is 23.3 Å². The van der Waals surface area contributed by atoms with Gasteiger partial charge in [-0.25, -0.2) is 4.79 Å². The third-order valence-electron chi connectivity index (χ3n) is 3.27. The first-order valence-corrected chi connectivity index (χ1v) is 7.52. The van der Waals surface area contributed by atoms with Gasteiger partial charge < -0.3 is 13.7 Å². The predicted molar refractivity (Wildman–Crippen MR) is 84.8 cm³/mol. The molecule has 0 radical (unpaired) electrons. The van der Waals surface area contributed by atoms with Crippen molar-refractivity contribution in [3.8, 4) is 0 Å². The minimum absolute atomic E-state index is 0.0114. The molecule has 25 heavy (non-hydrogen) atoms. The largest absolute Gasteiger partial charge is 0.452 e. The zero-order chi connectivity index (χ0) is 17.8. The highest BCUT2D eigenvalue weighted by Crippen LogP contribution is 2.13. The molecule has 0 bridgehead atoms. The van der Waals surface area contributed by atoms with Gasteiger partial charge in [-0.15, -0.1) is 0 Å². The van der Waals surface area contributed by atoms with Crippen LogP contribution in [0.15, 0.2) is 45.6 Å². The number of carbonyl (C=O) groups excluding carboxylic acids is 2. The van der Waals surface area contributed by atoms with Crippen LogP contribution >= 0.6 is 0 Å². The van der Waals surface area contributed by atoms with Gasteiger partial charge >= 0.3 is 5.97 Å². The topological polar surface area (TPSA) is 112 Å². The van der Waals surface area contributed by atoms with Crippen LogP contribution in [0.2, 0.25) is 0 Å². The van der Waals surface area contributed by atoms with E-state index in [0.717, 1.165) is 0 Å². The number of rotatable bonds is 6. The lowest BCUT2D eigenvalue weighted by Crippen LogP contribution is -2.29. The summed E-state index contributed by atoms with van der Waals surface area (Å²) in [6.45, 7) is 3.56. The van der Waals surface area contributed by atoms with Crippen LogP contribution in [-0.4, -0.2) is 32.9 Å². The fraction of sp³-hybridized carbons (Fsp3) is 0.250. The summed E-state index contributed by atoms with van der Waals surface area (Å²) in [6.07, 6.45) is 2.39. The Kier molecular flexibility index (Phi) is 4.64. The molecule has 3 aromatic rings. The standard InChI is InChI=1S/C16H16N4O5/c1-10-8-14(25-19-10)18-15(21)11(2)23-16(22)13-5-4-12(24-13)9-20-7-3-6-17-20/h3-8,11H,9H2,1-2H3,(H,18,21). The number of aromatic nitrogens is 3. The summed E-state index contributed by atoms with van der Waals surface area (Å²) >= 11 is 0. The van der Waals surface area contributed by atoms with E-state index in [2.05, 4.69) is 15.6 Å². The second-order valence-corrected chi connectivity index (χ2v) is 5.34. The van der Waals surface area contributed by atoms with Crippen molar-refractivity contribution in [1.29, 1.82) is 0 Å². The first-order valence-electron chi connectivity index (χ1n) is 7.52. The minimum Gasteiger partial charge on any atom is -0.452 e. The number of carbonyl (C=O) groups is 2. The number of amides is 1. The maximum absolute atomic E-state index is 12.1. The molecule has 0 aliphatic heterocycles. The van der Waals surface area contributed by atoms with Gasteiger partial charge in [0, 0.05) is 18.5 Å². The average Bonchev–Trinajstić information content (AvgIpc) is 3.30. The molecule has 0 saturated heterocycles. The van der Waals surface area contributed by atoms with E-state index >= 15 is 0 Å². The van der Waals surface area contributed by atoms with Gasteiger partial charge in [-0.3, -0.25) is 14.8 Å². The molecule has 0 aliphatic rings. The van der Waals surface area contributed by atoms with Gasteiger partial charge in [-0.2, -0.15) is 5.10 Å². The zero-order valence-corrected chi connectivity index (χ0v) is 13.6. The van der Waals surface area contributed by atoms with Crippen molar-refractivity contribution in [2.75, 3.05) is 5.32 Å². The van der Waals surface area contributed by atoms with Crippen molar-refractivity contribution in [3.63, 3.8) is 0 Å². The molecule has 0 aliphatic carbocycles. The Balaban J connectivity index is 1.56. The molecule has 9 nitrogen and oxygen atoms in total. The molecule has 0 spiro atoms. The van der Waals surface area contributed by atoms with E-state index in [1.807, 2.05) is 0 Å². The molecule has 0 aromatic carbocycles. The molecule has 1 amide bonds.